The predicted octanol–water partition coefficient (Wildman–Crippen LogP) is 5.00. The molecule has 1 amide bonds. The molecule has 0 unspecified atom stereocenters. The Morgan fingerprint density at radius 3 is 2.30 bits per heavy atom. The largest absolute Gasteiger partial charge is 0.353 e. The number of hydrogen-bond donors (Lipinski definition) is 1. The molecule has 6 heteroatoms. The zero-order valence-electron chi connectivity index (χ0n) is 18.8. The molecule has 3 aromatic carbocycles. The lowest BCUT2D eigenvalue weighted by Gasteiger charge is -2.19. The highest BCUT2D eigenvalue weighted by Gasteiger charge is 2.21. The monoisotopic (exact) mass is 457 g/mol. The van der Waals surface area contributed by atoms with E-state index in [0.29, 0.717) is 16.1 Å². The predicted molar refractivity (Wildman–Crippen MR) is 135 cm³/mol. The Hall–Kier alpha value is -3.38. The van der Waals surface area contributed by atoms with E-state index < -0.39 is 5.25 Å². The molecule has 1 aromatic heterocycles. The molecule has 2 atom stereocenters. The highest BCUT2D eigenvalue weighted by atomic mass is 32.2. The van der Waals surface area contributed by atoms with Gasteiger partial charge >= 0.3 is 0 Å². The number of thioether (sulfide) groups is 1. The summed E-state index contributed by atoms with van der Waals surface area (Å²) in [6, 6.07) is 27.0. The molecule has 0 bridgehead atoms. The number of para-hydroxylation sites is 2. The van der Waals surface area contributed by atoms with Gasteiger partial charge in [-0.2, -0.15) is 0 Å². The number of carbonyl (C=O) groups excluding carboxylic acids is 1. The number of hydrogen-bond acceptors (Lipinski definition) is 4. The summed E-state index contributed by atoms with van der Waals surface area (Å²) in [5, 5.41) is 3.75. The third-order valence-corrected chi connectivity index (χ3v) is 6.56. The first-order valence-electron chi connectivity index (χ1n) is 11.1. The second-order valence-corrected chi connectivity index (χ2v) is 9.39. The highest BCUT2D eigenvalue weighted by molar-refractivity contribution is 8.00. The van der Waals surface area contributed by atoms with Crippen LogP contribution in [0.2, 0.25) is 0 Å². The lowest BCUT2D eigenvalue weighted by molar-refractivity contribution is -0.120. The van der Waals surface area contributed by atoms with Crippen LogP contribution in [0.4, 0.5) is 0 Å². The Kier molecular flexibility index (Phi) is 7.25. The van der Waals surface area contributed by atoms with E-state index in [1.165, 1.54) is 17.3 Å². The van der Waals surface area contributed by atoms with Gasteiger partial charge < -0.3 is 5.32 Å². The second-order valence-electron chi connectivity index (χ2n) is 8.08. The molecular formula is C27H27N3O2S. The molecule has 0 aliphatic carbocycles. The lowest BCUT2D eigenvalue weighted by Crippen LogP contribution is -2.38. The average Bonchev–Trinajstić information content (AvgIpc) is 2.84. The van der Waals surface area contributed by atoms with Crippen molar-refractivity contribution in [2.75, 3.05) is 0 Å². The summed E-state index contributed by atoms with van der Waals surface area (Å²) in [5.41, 5.74) is 2.47. The summed E-state index contributed by atoms with van der Waals surface area (Å²) < 4.78 is 1.59. The first-order valence-corrected chi connectivity index (χ1v) is 12.0. The van der Waals surface area contributed by atoms with Gasteiger partial charge in [0.2, 0.25) is 5.91 Å². The van der Waals surface area contributed by atoms with Gasteiger partial charge in [0.1, 0.15) is 0 Å². The molecule has 0 saturated heterocycles. The van der Waals surface area contributed by atoms with Gasteiger partial charge in [-0.25, -0.2) is 4.98 Å². The summed E-state index contributed by atoms with van der Waals surface area (Å²) in [5.74, 6) is -0.0671. The molecule has 0 radical (unpaired) electrons. The van der Waals surface area contributed by atoms with Gasteiger partial charge in [0.25, 0.3) is 5.56 Å². The van der Waals surface area contributed by atoms with E-state index in [4.69, 9.17) is 4.98 Å². The third-order valence-electron chi connectivity index (χ3n) is 5.51. The van der Waals surface area contributed by atoms with Crippen molar-refractivity contribution < 1.29 is 4.79 Å². The fourth-order valence-corrected chi connectivity index (χ4v) is 4.60. The Bertz CT molecular complexity index is 1290. The van der Waals surface area contributed by atoms with Gasteiger partial charge in [0.05, 0.1) is 21.8 Å². The summed E-state index contributed by atoms with van der Waals surface area (Å²) in [6.07, 6.45) is 1.76. The SMILES string of the molecule is C[C@H](CCc1ccccc1)NC(=O)[C@@H](C)Sc1nc2ccccc2c(=O)n1-c1ccccc1. The normalized spacial score (nSPS) is 12.9. The van der Waals surface area contributed by atoms with Crippen LogP contribution in [0.1, 0.15) is 25.8 Å². The Labute approximate surface area is 197 Å². The minimum atomic E-state index is -0.410. The van der Waals surface area contributed by atoms with Crippen molar-refractivity contribution in [3.05, 3.63) is 101 Å². The smallest absolute Gasteiger partial charge is 0.266 e. The Balaban J connectivity index is 1.52. The number of rotatable bonds is 8. The van der Waals surface area contributed by atoms with Gasteiger partial charge in [-0.3, -0.25) is 14.2 Å². The fourth-order valence-electron chi connectivity index (χ4n) is 3.67. The van der Waals surface area contributed by atoms with Crippen LogP contribution in [0.5, 0.6) is 0 Å². The molecule has 1 N–H and O–H groups in total. The van der Waals surface area contributed by atoms with Crippen molar-refractivity contribution >= 4 is 28.6 Å². The highest BCUT2D eigenvalue weighted by Crippen LogP contribution is 2.25. The summed E-state index contributed by atoms with van der Waals surface area (Å²) >= 11 is 1.30. The molecule has 4 aromatic rings. The molecular weight excluding hydrogens is 430 g/mol. The van der Waals surface area contributed by atoms with E-state index in [0.717, 1.165) is 18.5 Å². The van der Waals surface area contributed by atoms with Crippen molar-refractivity contribution in [2.45, 2.75) is 43.1 Å². The maximum Gasteiger partial charge on any atom is 0.266 e. The molecule has 0 aliphatic heterocycles. The quantitative estimate of drug-likeness (QED) is 0.299. The van der Waals surface area contributed by atoms with Gasteiger partial charge in [-0.1, -0.05) is 72.4 Å². The van der Waals surface area contributed by atoms with E-state index >= 15 is 0 Å². The van der Waals surface area contributed by atoms with Crippen LogP contribution in [0.15, 0.2) is 94.9 Å². The van der Waals surface area contributed by atoms with Crippen LogP contribution >= 0.6 is 11.8 Å². The minimum absolute atomic E-state index is 0.0432. The molecule has 0 aliphatic rings. The van der Waals surface area contributed by atoms with E-state index in [9.17, 15) is 9.59 Å². The number of carbonyl (C=O) groups is 1. The molecule has 168 valence electrons. The molecule has 33 heavy (non-hydrogen) atoms. The molecule has 1 heterocycles. The molecule has 0 spiro atoms. The lowest BCUT2D eigenvalue weighted by atomic mass is 10.1. The Morgan fingerprint density at radius 1 is 0.939 bits per heavy atom. The molecule has 4 rings (SSSR count). The van der Waals surface area contributed by atoms with Crippen molar-refractivity contribution in [1.82, 2.24) is 14.9 Å². The van der Waals surface area contributed by atoms with E-state index in [1.807, 2.05) is 80.6 Å². The van der Waals surface area contributed by atoms with Crippen LogP contribution in [0.3, 0.4) is 0 Å². The van der Waals surface area contributed by atoms with Crippen molar-refractivity contribution in [3.63, 3.8) is 0 Å². The van der Waals surface area contributed by atoms with E-state index in [-0.39, 0.29) is 17.5 Å². The van der Waals surface area contributed by atoms with E-state index in [1.54, 1.807) is 10.6 Å². The first-order chi connectivity index (χ1) is 16.0. The van der Waals surface area contributed by atoms with Crippen LogP contribution in [0.25, 0.3) is 16.6 Å². The first kappa shape index (κ1) is 22.8. The zero-order chi connectivity index (χ0) is 23.2. The number of fused-ring (bicyclic) bond motifs is 1. The molecule has 0 fully saturated rings. The number of nitrogens with zero attached hydrogens (tertiary/aromatic N) is 2. The van der Waals surface area contributed by atoms with Crippen LogP contribution in [0, 0.1) is 0 Å². The minimum Gasteiger partial charge on any atom is -0.353 e. The van der Waals surface area contributed by atoms with E-state index in [2.05, 4.69) is 17.4 Å². The van der Waals surface area contributed by atoms with Gasteiger partial charge in [-0.05, 0) is 56.5 Å². The summed E-state index contributed by atoms with van der Waals surface area (Å²) in [6.45, 7) is 3.87. The zero-order valence-corrected chi connectivity index (χ0v) is 19.6. The topological polar surface area (TPSA) is 64.0 Å². The number of nitrogens with one attached hydrogen (secondary N) is 1. The van der Waals surface area contributed by atoms with Crippen molar-refractivity contribution in [3.8, 4) is 5.69 Å². The maximum absolute atomic E-state index is 13.3. The molecule has 0 saturated carbocycles. The van der Waals surface area contributed by atoms with Crippen LogP contribution in [-0.4, -0.2) is 26.8 Å². The fraction of sp³-hybridized carbons (Fsp3) is 0.222. The molecule has 5 nitrogen and oxygen atoms in total. The second kappa shape index (κ2) is 10.5. The summed E-state index contributed by atoms with van der Waals surface area (Å²) in [4.78, 5) is 31.0. The number of amides is 1. The number of aromatic nitrogens is 2. The van der Waals surface area contributed by atoms with Gasteiger partial charge in [-0.15, -0.1) is 0 Å². The number of benzene rings is 3. The average molecular weight is 458 g/mol. The van der Waals surface area contributed by atoms with Crippen molar-refractivity contribution in [2.24, 2.45) is 0 Å². The standard InChI is InChI=1S/C27H27N3O2S/c1-19(17-18-21-11-5-3-6-12-21)28-25(31)20(2)33-27-29-24-16-10-9-15-23(24)26(32)30(27)22-13-7-4-8-14-22/h3-16,19-20H,17-18H2,1-2H3,(H,28,31)/t19-,20-/m1/s1. The van der Waals surface area contributed by atoms with Crippen molar-refractivity contribution in [1.29, 1.82) is 0 Å². The van der Waals surface area contributed by atoms with Gasteiger partial charge in [0.15, 0.2) is 5.16 Å². The Morgan fingerprint density at radius 2 is 1.58 bits per heavy atom. The number of aryl methyl sites for hydroxylation is 1. The van der Waals surface area contributed by atoms with Crippen LogP contribution < -0.4 is 10.9 Å². The maximum atomic E-state index is 13.3. The van der Waals surface area contributed by atoms with Gasteiger partial charge in [0, 0.05) is 6.04 Å². The van der Waals surface area contributed by atoms with Crippen LogP contribution in [-0.2, 0) is 11.2 Å². The third kappa shape index (κ3) is 5.52. The summed E-state index contributed by atoms with van der Waals surface area (Å²) in [7, 11) is 0.